The summed E-state index contributed by atoms with van der Waals surface area (Å²) in [5.74, 6) is 1.38. The Kier molecular flexibility index (Phi) is 3.72. The maximum absolute atomic E-state index is 6.15. The molecule has 0 aliphatic heterocycles. The van der Waals surface area contributed by atoms with E-state index in [1.165, 1.54) is 22.4 Å². The molecule has 1 unspecified atom stereocenters. The number of nitrogens with one attached hydrogen (secondary N) is 1. The van der Waals surface area contributed by atoms with Crippen LogP contribution in [0, 0.1) is 0 Å². The molecule has 126 valence electrons. The summed E-state index contributed by atoms with van der Waals surface area (Å²) in [5.41, 5.74) is 3.80. The lowest BCUT2D eigenvalue weighted by molar-refractivity contribution is 0.797. The highest BCUT2D eigenvalue weighted by Gasteiger charge is 2.39. The molecule has 2 aliphatic carbocycles. The minimum atomic E-state index is 0.268. The predicted molar refractivity (Wildman–Crippen MR) is 106 cm³/mol. The molecule has 0 bridgehead atoms. The maximum Gasteiger partial charge on any atom is 0.225 e. The quantitative estimate of drug-likeness (QED) is 0.500. The molecule has 5 rings (SSSR count). The lowest BCUT2D eigenvalue weighted by Gasteiger charge is -2.26. The van der Waals surface area contributed by atoms with Crippen LogP contribution in [0.4, 0.5) is 5.82 Å². The fourth-order valence-electron chi connectivity index (χ4n) is 3.66. The van der Waals surface area contributed by atoms with Crippen LogP contribution < -0.4 is 5.32 Å². The largest absolute Gasteiger partial charge is 0.365 e. The number of anilines is 1. The van der Waals surface area contributed by atoms with Crippen molar-refractivity contribution in [3.63, 3.8) is 0 Å². The van der Waals surface area contributed by atoms with E-state index < -0.39 is 0 Å². The first-order valence-corrected chi connectivity index (χ1v) is 9.95. The van der Waals surface area contributed by atoms with Crippen molar-refractivity contribution >= 4 is 67.7 Å². The number of rotatable bonds is 3. The molecule has 0 spiro atoms. The lowest BCUT2D eigenvalue weighted by Crippen LogP contribution is -2.10. The molecule has 25 heavy (non-hydrogen) atoms. The van der Waals surface area contributed by atoms with Gasteiger partial charge in [-0.3, -0.25) is 0 Å². The van der Waals surface area contributed by atoms with Gasteiger partial charge in [0.25, 0.3) is 0 Å². The van der Waals surface area contributed by atoms with E-state index in [0.29, 0.717) is 22.5 Å². The van der Waals surface area contributed by atoms with Gasteiger partial charge in [0.15, 0.2) is 0 Å². The summed E-state index contributed by atoms with van der Waals surface area (Å²) in [6.07, 6.45) is 4.71. The summed E-state index contributed by atoms with van der Waals surface area (Å²) >= 11 is 20.0. The van der Waals surface area contributed by atoms with Crippen LogP contribution in [0.5, 0.6) is 0 Å². The van der Waals surface area contributed by atoms with Gasteiger partial charge in [-0.2, -0.15) is 0 Å². The Balaban J connectivity index is 1.54. The van der Waals surface area contributed by atoms with Crippen molar-refractivity contribution < 1.29 is 0 Å². The number of aromatic nitrogens is 2. The molecule has 2 heterocycles. The molecular weight excluding hydrogens is 397 g/mol. The highest BCUT2D eigenvalue weighted by atomic mass is 35.5. The second-order valence-corrected chi connectivity index (χ2v) is 8.44. The highest BCUT2D eigenvalue weighted by molar-refractivity contribution is 7.19. The van der Waals surface area contributed by atoms with Gasteiger partial charge in [-0.15, -0.1) is 11.3 Å². The van der Waals surface area contributed by atoms with E-state index >= 15 is 0 Å². The number of allylic oxidation sites excluding steroid dienone is 2. The molecule has 0 fully saturated rings. The molecule has 1 atom stereocenters. The smallest absolute Gasteiger partial charge is 0.225 e. The van der Waals surface area contributed by atoms with E-state index in [4.69, 9.17) is 34.8 Å². The number of nitrogens with zero attached hydrogens (tertiary/aromatic N) is 2. The standard InChI is InChI=1S/C18H12Cl3N3S/c19-11-5-4-8(6-12(11)20)7-22-16-14-13-9-2-1-3-10(9)15(13)25-17(14)24-18(21)23-16/h2,4-6,10H,1,3,7H2,(H,22,23,24). The Hall–Kier alpha value is -1.33. The van der Waals surface area contributed by atoms with Gasteiger partial charge >= 0.3 is 0 Å². The number of hydrogen-bond donors (Lipinski definition) is 1. The normalized spacial score (nSPS) is 17.9. The third kappa shape index (κ3) is 2.47. The number of halogens is 3. The second kappa shape index (κ2) is 5.85. The molecule has 3 aromatic rings. The van der Waals surface area contributed by atoms with Crippen LogP contribution >= 0.6 is 46.1 Å². The number of thiophene rings is 1. The average Bonchev–Trinajstić information content (AvgIpc) is 3.13. The van der Waals surface area contributed by atoms with Crippen molar-refractivity contribution in [3.05, 3.63) is 55.6 Å². The van der Waals surface area contributed by atoms with Gasteiger partial charge in [0.1, 0.15) is 10.6 Å². The number of benzene rings is 1. The molecule has 0 saturated carbocycles. The minimum Gasteiger partial charge on any atom is -0.365 e. The van der Waals surface area contributed by atoms with E-state index in [9.17, 15) is 0 Å². The third-order valence-electron chi connectivity index (χ3n) is 4.80. The van der Waals surface area contributed by atoms with E-state index in [0.717, 1.165) is 28.0 Å². The molecule has 0 saturated heterocycles. The van der Waals surface area contributed by atoms with Crippen LogP contribution in [0.3, 0.4) is 0 Å². The van der Waals surface area contributed by atoms with E-state index in [2.05, 4.69) is 21.4 Å². The van der Waals surface area contributed by atoms with Crippen molar-refractivity contribution in [2.45, 2.75) is 25.3 Å². The van der Waals surface area contributed by atoms with Gasteiger partial charge in [-0.1, -0.05) is 35.3 Å². The summed E-state index contributed by atoms with van der Waals surface area (Å²) in [6, 6.07) is 5.61. The van der Waals surface area contributed by atoms with Gasteiger partial charge < -0.3 is 5.32 Å². The number of fused-ring (bicyclic) bond motifs is 6. The van der Waals surface area contributed by atoms with E-state index in [1.54, 1.807) is 17.4 Å². The molecule has 3 nitrogen and oxygen atoms in total. The summed E-state index contributed by atoms with van der Waals surface area (Å²) in [4.78, 5) is 11.3. The Labute approximate surface area is 163 Å². The predicted octanol–water partition coefficient (Wildman–Crippen LogP) is 6.54. The second-order valence-electron chi connectivity index (χ2n) is 6.25. The first-order valence-electron chi connectivity index (χ1n) is 8.00. The van der Waals surface area contributed by atoms with E-state index in [1.807, 2.05) is 12.1 Å². The van der Waals surface area contributed by atoms with Crippen molar-refractivity contribution in [2.75, 3.05) is 5.32 Å². The Morgan fingerprint density at radius 2 is 2.04 bits per heavy atom. The summed E-state index contributed by atoms with van der Waals surface area (Å²) in [6.45, 7) is 0.590. The van der Waals surface area contributed by atoms with Crippen molar-refractivity contribution in [1.82, 2.24) is 9.97 Å². The first kappa shape index (κ1) is 15.9. The van der Waals surface area contributed by atoms with Crippen LogP contribution in [0.1, 0.15) is 34.8 Å². The molecule has 0 radical (unpaired) electrons. The Morgan fingerprint density at radius 1 is 1.16 bits per heavy atom. The van der Waals surface area contributed by atoms with Crippen molar-refractivity contribution in [2.24, 2.45) is 0 Å². The zero-order valence-corrected chi connectivity index (χ0v) is 16.0. The zero-order chi connectivity index (χ0) is 17.1. The summed E-state index contributed by atoms with van der Waals surface area (Å²) in [5, 5.41) is 5.86. The van der Waals surface area contributed by atoms with Gasteiger partial charge in [0, 0.05) is 22.9 Å². The molecule has 1 N–H and O–H groups in total. The van der Waals surface area contributed by atoms with Gasteiger partial charge in [-0.25, -0.2) is 9.97 Å². The average molecular weight is 409 g/mol. The summed E-state index contributed by atoms with van der Waals surface area (Å²) < 4.78 is 0. The van der Waals surface area contributed by atoms with Crippen LogP contribution in [0.15, 0.2) is 24.3 Å². The van der Waals surface area contributed by atoms with Crippen LogP contribution in [-0.2, 0) is 6.54 Å². The fraction of sp³-hybridized carbons (Fsp3) is 0.222. The van der Waals surface area contributed by atoms with Crippen LogP contribution in [0.2, 0.25) is 15.3 Å². The minimum absolute atomic E-state index is 0.268. The molecule has 2 aromatic heterocycles. The maximum atomic E-state index is 6.15. The van der Waals surface area contributed by atoms with Gasteiger partial charge in [0.2, 0.25) is 5.28 Å². The Bertz CT molecular complexity index is 1060. The molecule has 1 aromatic carbocycles. The molecule has 7 heteroatoms. The molecular formula is C18H12Cl3N3S. The third-order valence-corrected chi connectivity index (χ3v) is 6.90. The lowest BCUT2D eigenvalue weighted by atomic mass is 9.80. The van der Waals surface area contributed by atoms with Crippen LogP contribution in [-0.4, -0.2) is 9.97 Å². The van der Waals surface area contributed by atoms with E-state index in [-0.39, 0.29) is 5.28 Å². The fourth-order valence-corrected chi connectivity index (χ4v) is 5.55. The van der Waals surface area contributed by atoms with Crippen LogP contribution in [0.25, 0.3) is 15.8 Å². The van der Waals surface area contributed by atoms with Gasteiger partial charge in [0.05, 0.1) is 15.4 Å². The zero-order valence-electron chi connectivity index (χ0n) is 12.9. The monoisotopic (exact) mass is 407 g/mol. The molecule has 0 amide bonds. The van der Waals surface area contributed by atoms with Gasteiger partial charge in [-0.05, 0) is 47.7 Å². The SMILES string of the molecule is Clc1nc(NCc2ccc(Cl)c(Cl)c2)c2c3c(sc2n1)C1CCC=C31. The topological polar surface area (TPSA) is 37.8 Å². The summed E-state index contributed by atoms with van der Waals surface area (Å²) in [7, 11) is 0. The van der Waals surface area contributed by atoms with Crippen molar-refractivity contribution in [3.8, 4) is 0 Å². The first-order chi connectivity index (χ1) is 12.1. The Morgan fingerprint density at radius 3 is 2.88 bits per heavy atom. The molecule has 2 aliphatic rings. The van der Waals surface area contributed by atoms with Crippen molar-refractivity contribution in [1.29, 1.82) is 0 Å². The highest BCUT2D eigenvalue weighted by Crippen LogP contribution is 2.59. The number of hydrogen-bond acceptors (Lipinski definition) is 4.